The van der Waals surface area contributed by atoms with E-state index >= 15 is 0 Å². The maximum Gasteiger partial charge on any atom is 0.404 e. The van der Waals surface area contributed by atoms with Gasteiger partial charge in [-0.25, -0.2) is 4.79 Å². The quantitative estimate of drug-likeness (QED) is 0.621. The molecule has 2 atom stereocenters. The van der Waals surface area contributed by atoms with Gasteiger partial charge in [0.15, 0.2) is 0 Å². The van der Waals surface area contributed by atoms with E-state index in [0.29, 0.717) is 0 Å². The van der Waals surface area contributed by atoms with Crippen molar-refractivity contribution >= 4 is 28.7 Å². The molecule has 0 spiro atoms. The van der Waals surface area contributed by atoms with E-state index in [2.05, 4.69) is 22.6 Å². The highest BCUT2D eigenvalue weighted by molar-refractivity contribution is 14.1. The van der Waals surface area contributed by atoms with Crippen molar-refractivity contribution in [3.05, 3.63) is 33.4 Å². The third-order valence-electron chi connectivity index (χ3n) is 2.31. The number of rotatable bonds is 6. The molecular formula is C12H16INO4. The molecule has 0 bridgehead atoms. The maximum atomic E-state index is 10.8. The molecule has 0 saturated heterocycles. The molecule has 0 radical (unpaired) electrons. The SMILES string of the molecule is COCO[C@H](c1ccccc1I)[C@@H](C)OC(N)=O. The molecule has 0 aromatic heterocycles. The van der Waals surface area contributed by atoms with Gasteiger partial charge in [-0.15, -0.1) is 0 Å². The summed E-state index contributed by atoms with van der Waals surface area (Å²) in [6.07, 6.45) is -1.72. The highest BCUT2D eigenvalue weighted by Gasteiger charge is 2.24. The van der Waals surface area contributed by atoms with Gasteiger partial charge in [0.2, 0.25) is 0 Å². The fraction of sp³-hybridized carbons (Fsp3) is 0.417. The van der Waals surface area contributed by atoms with Crippen LogP contribution < -0.4 is 5.73 Å². The zero-order valence-electron chi connectivity index (χ0n) is 10.3. The summed E-state index contributed by atoms with van der Waals surface area (Å²) >= 11 is 2.20. The van der Waals surface area contributed by atoms with E-state index in [-0.39, 0.29) is 6.79 Å². The highest BCUT2D eigenvalue weighted by atomic mass is 127. The molecule has 1 aromatic carbocycles. The van der Waals surface area contributed by atoms with Gasteiger partial charge < -0.3 is 19.9 Å². The first-order chi connectivity index (χ1) is 8.56. The first kappa shape index (κ1) is 15.2. The molecule has 1 amide bonds. The van der Waals surface area contributed by atoms with Crippen LogP contribution in [0.5, 0.6) is 0 Å². The smallest absolute Gasteiger partial charge is 0.404 e. The van der Waals surface area contributed by atoms with Crippen molar-refractivity contribution in [1.82, 2.24) is 0 Å². The second kappa shape index (κ2) is 7.55. The average molecular weight is 365 g/mol. The van der Waals surface area contributed by atoms with Crippen molar-refractivity contribution in [2.24, 2.45) is 5.73 Å². The second-order valence-corrected chi connectivity index (χ2v) is 4.82. The van der Waals surface area contributed by atoms with Crippen LogP contribution in [0, 0.1) is 3.57 Å². The van der Waals surface area contributed by atoms with Gasteiger partial charge in [-0.05, 0) is 41.1 Å². The van der Waals surface area contributed by atoms with Gasteiger partial charge in [0.05, 0.1) is 0 Å². The summed E-state index contributed by atoms with van der Waals surface area (Å²) in [5.74, 6) is 0. The Morgan fingerprint density at radius 1 is 1.44 bits per heavy atom. The van der Waals surface area contributed by atoms with Crippen molar-refractivity contribution < 1.29 is 19.0 Å². The Kier molecular flexibility index (Phi) is 6.37. The Labute approximate surface area is 120 Å². The van der Waals surface area contributed by atoms with Crippen LogP contribution in [-0.2, 0) is 14.2 Å². The fourth-order valence-corrected chi connectivity index (χ4v) is 2.26. The lowest BCUT2D eigenvalue weighted by atomic mass is 10.1. The van der Waals surface area contributed by atoms with Crippen molar-refractivity contribution in [3.63, 3.8) is 0 Å². The van der Waals surface area contributed by atoms with Gasteiger partial charge >= 0.3 is 6.09 Å². The van der Waals surface area contributed by atoms with E-state index in [0.717, 1.165) is 9.13 Å². The number of halogens is 1. The molecule has 0 unspecified atom stereocenters. The number of methoxy groups -OCH3 is 1. The van der Waals surface area contributed by atoms with E-state index in [9.17, 15) is 4.79 Å². The lowest BCUT2D eigenvalue weighted by Gasteiger charge is -2.24. The third kappa shape index (κ3) is 4.43. The van der Waals surface area contributed by atoms with Crippen molar-refractivity contribution in [2.45, 2.75) is 19.1 Å². The standard InChI is InChI=1S/C12H16INO4/c1-8(18-12(14)15)11(17-7-16-2)9-5-3-4-6-10(9)13/h3-6,8,11H,7H2,1-2H3,(H2,14,15)/t8-,11+/m1/s1. The predicted octanol–water partition coefficient (Wildman–Crippen LogP) is 2.44. The molecule has 0 fully saturated rings. The summed E-state index contributed by atoms with van der Waals surface area (Å²) in [6, 6.07) is 7.70. The molecule has 100 valence electrons. The van der Waals surface area contributed by atoms with Crippen LogP contribution in [0.1, 0.15) is 18.6 Å². The molecule has 0 heterocycles. The van der Waals surface area contributed by atoms with Crippen LogP contribution >= 0.6 is 22.6 Å². The fourth-order valence-electron chi connectivity index (χ4n) is 1.57. The van der Waals surface area contributed by atoms with Crippen LogP contribution in [0.2, 0.25) is 0 Å². The Morgan fingerprint density at radius 2 is 2.11 bits per heavy atom. The van der Waals surface area contributed by atoms with E-state index < -0.39 is 18.3 Å². The topological polar surface area (TPSA) is 70.8 Å². The van der Waals surface area contributed by atoms with Gasteiger partial charge in [0, 0.05) is 10.7 Å². The summed E-state index contributed by atoms with van der Waals surface area (Å²) in [7, 11) is 1.53. The minimum atomic E-state index is -0.820. The third-order valence-corrected chi connectivity index (χ3v) is 3.29. The number of hydrogen-bond donors (Lipinski definition) is 1. The van der Waals surface area contributed by atoms with E-state index in [4.69, 9.17) is 19.9 Å². The largest absolute Gasteiger partial charge is 0.444 e. The number of primary amides is 1. The molecule has 1 aromatic rings. The first-order valence-corrected chi connectivity index (χ1v) is 6.45. The Bertz CT molecular complexity index is 399. The lowest BCUT2D eigenvalue weighted by Crippen LogP contribution is -2.28. The van der Waals surface area contributed by atoms with Gasteiger partial charge in [-0.2, -0.15) is 0 Å². The Balaban J connectivity index is 2.90. The number of amides is 1. The van der Waals surface area contributed by atoms with Gasteiger partial charge in [-0.3, -0.25) is 0 Å². The Morgan fingerprint density at radius 3 is 2.67 bits per heavy atom. The molecule has 0 aliphatic rings. The monoisotopic (exact) mass is 365 g/mol. The molecule has 0 aliphatic carbocycles. The molecule has 18 heavy (non-hydrogen) atoms. The predicted molar refractivity (Wildman–Crippen MR) is 75.0 cm³/mol. The number of nitrogens with two attached hydrogens (primary N) is 1. The van der Waals surface area contributed by atoms with Crippen LogP contribution in [0.25, 0.3) is 0 Å². The molecule has 6 heteroatoms. The summed E-state index contributed by atoms with van der Waals surface area (Å²) in [5, 5.41) is 0. The maximum absolute atomic E-state index is 10.8. The summed E-state index contributed by atoms with van der Waals surface area (Å²) in [5.41, 5.74) is 5.96. The summed E-state index contributed by atoms with van der Waals surface area (Å²) in [4.78, 5) is 10.8. The van der Waals surface area contributed by atoms with Crippen LogP contribution in [-0.4, -0.2) is 26.1 Å². The van der Waals surface area contributed by atoms with E-state index in [1.807, 2.05) is 24.3 Å². The zero-order chi connectivity index (χ0) is 13.5. The molecule has 0 aliphatic heterocycles. The van der Waals surface area contributed by atoms with Crippen LogP contribution in [0.4, 0.5) is 4.79 Å². The lowest BCUT2D eigenvalue weighted by molar-refractivity contribution is -0.111. The van der Waals surface area contributed by atoms with Crippen molar-refractivity contribution in [1.29, 1.82) is 0 Å². The minimum Gasteiger partial charge on any atom is -0.444 e. The van der Waals surface area contributed by atoms with Gasteiger partial charge in [0.1, 0.15) is 19.0 Å². The average Bonchev–Trinajstić information content (AvgIpc) is 2.31. The Hall–Kier alpha value is -0.860. The number of hydrogen-bond acceptors (Lipinski definition) is 4. The first-order valence-electron chi connectivity index (χ1n) is 5.37. The highest BCUT2D eigenvalue weighted by Crippen LogP contribution is 2.27. The molecule has 5 nitrogen and oxygen atoms in total. The van der Waals surface area contributed by atoms with Gasteiger partial charge in [-0.1, -0.05) is 18.2 Å². The zero-order valence-corrected chi connectivity index (χ0v) is 12.4. The van der Waals surface area contributed by atoms with E-state index in [1.54, 1.807) is 6.92 Å². The summed E-state index contributed by atoms with van der Waals surface area (Å²) < 4.78 is 16.5. The summed E-state index contributed by atoms with van der Waals surface area (Å²) in [6.45, 7) is 1.84. The van der Waals surface area contributed by atoms with Crippen LogP contribution in [0.15, 0.2) is 24.3 Å². The van der Waals surface area contributed by atoms with Crippen molar-refractivity contribution in [2.75, 3.05) is 13.9 Å². The number of carbonyl (C=O) groups excluding carboxylic acids is 1. The van der Waals surface area contributed by atoms with Crippen LogP contribution in [0.3, 0.4) is 0 Å². The second-order valence-electron chi connectivity index (χ2n) is 3.66. The van der Waals surface area contributed by atoms with Crippen molar-refractivity contribution in [3.8, 4) is 0 Å². The normalized spacial score (nSPS) is 13.9. The molecule has 1 rings (SSSR count). The molecule has 2 N–H and O–H groups in total. The molecular weight excluding hydrogens is 349 g/mol. The molecule has 0 saturated carbocycles. The minimum absolute atomic E-state index is 0.113. The van der Waals surface area contributed by atoms with Gasteiger partial charge in [0.25, 0.3) is 0 Å². The number of carbonyl (C=O) groups is 1. The number of benzene rings is 1. The number of ether oxygens (including phenoxy) is 3. The van der Waals surface area contributed by atoms with E-state index in [1.165, 1.54) is 7.11 Å².